The minimum atomic E-state index is 0.0329. The van der Waals surface area contributed by atoms with Crippen LogP contribution in [0.3, 0.4) is 0 Å². The molecule has 2 aliphatic rings. The zero-order chi connectivity index (χ0) is 18.9. The summed E-state index contributed by atoms with van der Waals surface area (Å²) in [6.07, 6.45) is 7.11. The maximum Gasteiger partial charge on any atom is 0.163 e. The lowest BCUT2D eigenvalue weighted by molar-refractivity contribution is -0.0796. The lowest BCUT2D eigenvalue weighted by Gasteiger charge is -2.27. The zero-order valence-corrected chi connectivity index (χ0v) is 15.9. The van der Waals surface area contributed by atoms with Crippen molar-refractivity contribution < 1.29 is 14.2 Å². The van der Waals surface area contributed by atoms with Crippen LogP contribution in [0.2, 0.25) is 5.02 Å². The van der Waals surface area contributed by atoms with E-state index >= 15 is 0 Å². The van der Waals surface area contributed by atoms with Crippen molar-refractivity contribution in [3.8, 4) is 5.75 Å². The van der Waals surface area contributed by atoms with Gasteiger partial charge in [0.2, 0.25) is 0 Å². The Balaban J connectivity index is 1.45. The standard InChI is InChI=1S/C19H20ClN5O3/c20-15-9-22-18(7-17(15)28-13-10-27-11-13)23-19-14-8-21-4-1-16(14)25(24-19)12-2-5-26-6-3-12/h1,4,7-9,12-13H,2-3,5-6,10-11H2,(H,22,23,24). The Morgan fingerprint density at radius 2 is 2.04 bits per heavy atom. The number of anilines is 2. The molecule has 3 aromatic heterocycles. The molecule has 2 aliphatic heterocycles. The van der Waals surface area contributed by atoms with Crippen LogP contribution < -0.4 is 10.1 Å². The van der Waals surface area contributed by atoms with Gasteiger partial charge in [0.15, 0.2) is 5.82 Å². The van der Waals surface area contributed by atoms with Crippen LogP contribution in [0, 0.1) is 0 Å². The summed E-state index contributed by atoms with van der Waals surface area (Å²) in [5.74, 6) is 1.91. The first-order valence-corrected chi connectivity index (χ1v) is 9.72. The molecule has 0 aromatic carbocycles. The topological polar surface area (TPSA) is 83.3 Å². The van der Waals surface area contributed by atoms with Crippen molar-refractivity contribution in [2.75, 3.05) is 31.7 Å². The van der Waals surface area contributed by atoms with Crippen molar-refractivity contribution in [3.63, 3.8) is 0 Å². The minimum absolute atomic E-state index is 0.0329. The predicted octanol–water partition coefficient (Wildman–Crippen LogP) is 3.35. The Bertz CT molecular complexity index is 985. The van der Waals surface area contributed by atoms with Gasteiger partial charge in [-0.15, -0.1) is 0 Å². The van der Waals surface area contributed by atoms with E-state index < -0.39 is 0 Å². The highest BCUT2D eigenvalue weighted by molar-refractivity contribution is 6.32. The molecule has 3 aromatic rings. The Morgan fingerprint density at radius 1 is 1.18 bits per heavy atom. The first-order valence-electron chi connectivity index (χ1n) is 9.35. The summed E-state index contributed by atoms with van der Waals surface area (Å²) in [6.45, 7) is 2.66. The van der Waals surface area contributed by atoms with Crippen LogP contribution in [0.5, 0.6) is 5.75 Å². The average Bonchev–Trinajstić information content (AvgIpc) is 3.06. The molecular formula is C19H20ClN5O3. The van der Waals surface area contributed by atoms with Crippen LogP contribution in [0.25, 0.3) is 10.9 Å². The van der Waals surface area contributed by atoms with Crippen LogP contribution in [-0.2, 0) is 9.47 Å². The Kier molecular flexibility index (Phi) is 4.76. The van der Waals surface area contributed by atoms with Gasteiger partial charge in [-0.3, -0.25) is 9.67 Å². The van der Waals surface area contributed by atoms with E-state index in [1.165, 1.54) is 0 Å². The van der Waals surface area contributed by atoms with Gasteiger partial charge >= 0.3 is 0 Å². The lowest BCUT2D eigenvalue weighted by Crippen LogP contribution is -2.38. The monoisotopic (exact) mass is 401 g/mol. The van der Waals surface area contributed by atoms with Gasteiger partial charge in [-0.1, -0.05) is 11.6 Å². The summed E-state index contributed by atoms with van der Waals surface area (Å²) in [5.41, 5.74) is 1.04. The summed E-state index contributed by atoms with van der Waals surface area (Å²) in [4.78, 5) is 8.64. The maximum absolute atomic E-state index is 6.23. The molecule has 9 heteroatoms. The number of pyridine rings is 2. The van der Waals surface area contributed by atoms with Gasteiger partial charge in [0.1, 0.15) is 22.7 Å². The third-order valence-corrected chi connectivity index (χ3v) is 5.30. The minimum Gasteiger partial charge on any atom is -0.484 e. The van der Waals surface area contributed by atoms with Gasteiger partial charge in [-0.2, -0.15) is 5.10 Å². The number of halogens is 1. The van der Waals surface area contributed by atoms with E-state index in [2.05, 4.69) is 20.0 Å². The normalized spacial score (nSPS) is 18.2. The third kappa shape index (κ3) is 3.39. The summed E-state index contributed by atoms with van der Waals surface area (Å²) < 4.78 is 18.6. The molecule has 2 fully saturated rings. The molecule has 0 spiro atoms. The van der Waals surface area contributed by atoms with Crippen LogP contribution in [0.1, 0.15) is 18.9 Å². The van der Waals surface area contributed by atoms with Gasteiger partial charge in [0.25, 0.3) is 0 Å². The largest absolute Gasteiger partial charge is 0.484 e. The number of nitrogens with zero attached hydrogens (tertiary/aromatic N) is 4. The molecule has 146 valence electrons. The Morgan fingerprint density at radius 3 is 2.82 bits per heavy atom. The second kappa shape index (κ2) is 7.54. The molecule has 8 nitrogen and oxygen atoms in total. The third-order valence-electron chi connectivity index (χ3n) is 5.01. The fourth-order valence-corrected chi connectivity index (χ4v) is 3.59. The quantitative estimate of drug-likeness (QED) is 0.701. The highest BCUT2D eigenvalue weighted by atomic mass is 35.5. The number of nitrogens with one attached hydrogen (secondary N) is 1. The zero-order valence-electron chi connectivity index (χ0n) is 15.2. The van der Waals surface area contributed by atoms with E-state index in [9.17, 15) is 0 Å². The molecule has 1 N–H and O–H groups in total. The van der Waals surface area contributed by atoms with E-state index in [0.29, 0.717) is 41.7 Å². The SMILES string of the molecule is Clc1cnc(Nc2nn(C3CCOCC3)c3ccncc23)cc1OC1COC1. The van der Waals surface area contributed by atoms with E-state index in [4.69, 9.17) is 30.9 Å². The second-order valence-corrected chi connectivity index (χ2v) is 7.34. The first-order chi connectivity index (χ1) is 13.8. The van der Waals surface area contributed by atoms with Crippen molar-refractivity contribution in [1.29, 1.82) is 0 Å². The first kappa shape index (κ1) is 17.7. The second-order valence-electron chi connectivity index (χ2n) is 6.93. The number of rotatable bonds is 5. The number of hydrogen-bond acceptors (Lipinski definition) is 7. The summed E-state index contributed by atoms with van der Waals surface area (Å²) in [7, 11) is 0. The summed E-state index contributed by atoms with van der Waals surface area (Å²) >= 11 is 6.23. The lowest BCUT2D eigenvalue weighted by atomic mass is 10.1. The van der Waals surface area contributed by atoms with Gasteiger partial charge in [-0.05, 0) is 18.9 Å². The highest BCUT2D eigenvalue weighted by Gasteiger charge is 2.23. The smallest absolute Gasteiger partial charge is 0.163 e. The van der Waals surface area contributed by atoms with Crippen molar-refractivity contribution in [2.24, 2.45) is 0 Å². The van der Waals surface area contributed by atoms with Gasteiger partial charge in [0.05, 0.1) is 36.4 Å². The number of ether oxygens (including phenoxy) is 3. The molecule has 2 saturated heterocycles. The maximum atomic E-state index is 6.23. The van der Waals surface area contributed by atoms with E-state index in [1.807, 2.05) is 12.3 Å². The molecule has 0 bridgehead atoms. The fraction of sp³-hybridized carbons (Fsp3) is 0.421. The Hall–Kier alpha value is -2.42. The molecule has 0 saturated carbocycles. The average molecular weight is 402 g/mol. The predicted molar refractivity (Wildman–Crippen MR) is 104 cm³/mol. The molecular weight excluding hydrogens is 382 g/mol. The summed E-state index contributed by atoms with van der Waals surface area (Å²) in [5, 5.41) is 9.54. The fourth-order valence-electron chi connectivity index (χ4n) is 3.45. The van der Waals surface area contributed by atoms with Crippen molar-refractivity contribution in [2.45, 2.75) is 25.0 Å². The number of aromatic nitrogens is 4. The molecule has 0 amide bonds. The summed E-state index contributed by atoms with van der Waals surface area (Å²) in [6, 6.07) is 4.09. The number of hydrogen-bond donors (Lipinski definition) is 1. The van der Waals surface area contributed by atoms with Crippen molar-refractivity contribution in [3.05, 3.63) is 35.7 Å². The van der Waals surface area contributed by atoms with Gasteiger partial charge in [0, 0.05) is 31.7 Å². The molecule has 0 radical (unpaired) electrons. The van der Waals surface area contributed by atoms with Crippen molar-refractivity contribution >= 4 is 34.1 Å². The Labute approximate surface area is 166 Å². The molecule has 28 heavy (non-hydrogen) atoms. The van der Waals surface area contributed by atoms with E-state index in [0.717, 1.165) is 37.0 Å². The van der Waals surface area contributed by atoms with E-state index in [-0.39, 0.29) is 6.10 Å². The van der Waals surface area contributed by atoms with Crippen LogP contribution in [0.15, 0.2) is 30.7 Å². The van der Waals surface area contributed by atoms with Crippen LogP contribution in [-0.4, -0.2) is 52.3 Å². The molecule has 0 atom stereocenters. The molecule has 5 heterocycles. The molecule has 0 unspecified atom stereocenters. The van der Waals surface area contributed by atoms with Crippen LogP contribution >= 0.6 is 11.6 Å². The van der Waals surface area contributed by atoms with E-state index in [1.54, 1.807) is 18.5 Å². The van der Waals surface area contributed by atoms with Gasteiger partial charge in [-0.25, -0.2) is 4.98 Å². The highest BCUT2D eigenvalue weighted by Crippen LogP contribution is 2.33. The van der Waals surface area contributed by atoms with Crippen molar-refractivity contribution in [1.82, 2.24) is 19.7 Å². The van der Waals surface area contributed by atoms with Crippen LogP contribution in [0.4, 0.5) is 11.6 Å². The molecule has 5 rings (SSSR count). The molecule has 0 aliphatic carbocycles. The van der Waals surface area contributed by atoms with Gasteiger partial charge < -0.3 is 19.5 Å². The number of fused-ring (bicyclic) bond motifs is 1.